The van der Waals surface area contributed by atoms with Gasteiger partial charge in [0.2, 0.25) is 0 Å². The molecule has 2 atom stereocenters. The van der Waals surface area contributed by atoms with Crippen LogP contribution in [0.2, 0.25) is 0 Å². The molecule has 0 aromatic heterocycles. The van der Waals surface area contributed by atoms with Gasteiger partial charge in [0.1, 0.15) is 0 Å². The highest BCUT2D eigenvalue weighted by Gasteiger charge is 2.30. The summed E-state index contributed by atoms with van der Waals surface area (Å²) in [5.74, 6) is 0.189. The van der Waals surface area contributed by atoms with Crippen molar-refractivity contribution in [3.05, 3.63) is 65.7 Å². The molecule has 134 valence electrons. The predicted octanol–water partition coefficient (Wildman–Crippen LogP) is 3.31. The molecule has 0 aliphatic carbocycles. The molecule has 0 amide bonds. The highest BCUT2D eigenvalue weighted by Crippen LogP contribution is 2.25. The number of hydrogen-bond donors (Lipinski definition) is 1. The first-order valence-corrected chi connectivity index (χ1v) is 10.2. The van der Waals surface area contributed by atoms with Gasteiger partial charge in [-0.1, -0.05) is 48.0 Å². The molecule has 25 heavy (non-hydrogen) atoms. The van der Waals surface area contributed by atoms with E-state index in [0.717, 1.165) is 37.1 Å². The summed E-state index contributed by atoms with van der Waals surface area (Å²) < 4.78 is 31.2. The van der Waals surface area contributed by atoms with E-state index < -0.39 is 10.1 Å². The largest absolute Gasteiger partial charge is 0.316 e. The molecule has 0 spiro atoms. The number of hydrogen-bond acceptors (Lipinski definition) is 4. The van der Waals surface area contributed by atoms with Gasteiger partial charge in [-0.15, -0.1) is 0 Å². The maximum Gasteiger partial charge on any atom is 0.297 e. The van der Waals surface area contributed by atoms with Crippen LogP contribution >= 0.6 is 0 Å². The third-order valence-corrected chi connectivity index (χ3v) is 6.05. The minimum atomic E-state index is -3.77. The third-order valence-electron chi connectivity index (χ3n) is 4.70. The molecule has 2 aromatic rings. The molecule has 0 bridgehead atoms. The lowest BCUT2D eigenvalue weighted by Gasteiger charge is -2.30. The molecule has 0 radical (unpaired) electrons. The van der Waals surface area contributed by atoms with Crippen molar-refractivity contribution in [3.8, 4) is 0 Å². The van der Waals surface area contributed by atoms with E-state index in [1.54, 1.807) is 24.3 Å². The summed E-state index contributed by atoms with van der Waals surface area (Å²) in [6, 6.07) is 16.8. The summed E-state index contributed by atoms with van der Waals surface area (Å²) in [4.78, 5) is 0.222. The van der Waals surface area contributed by atoms with E-state index >= 15 is 0 Å². The van der Waals surface area contributed by atoms with Crippen LogP contribution in [0.3, 0.4) is 0 Å². The SMILES string of the molecule is Cc1ccc(S(=O)(=O)OC(Cc2ccccc2)C2CCCNC2)cc1. The van der Waals surface area contributed by atoms with Gasteiger partial charge in [0, 0.05) is 13.0 Å². The molecule has 5 heteroatoms. The van der Waals surface area contributed by atoms with Gasteiger partial charge in [0.15, 0.2) is 0 Å². The number of piperidine rings is 1. The fourth-order valence-corrected chi connectivity index (χ4v) is 4.38. The molecule has 4 nitrogen and oxygen atoms in total. The van der Waals surface area contributed by atoms with Crippen molar-refractivity contribution in [1.82, 2.24) is 5.32 Å². The standard InChI is InChI=1S/C20H25NO3S/c1-16-9-11-19(12-10-16)25(22,23)24-20(18-8-5-13-21-15-18)14-17-6-3-2-4-7-17/h2-4,6-7,9-12,18,20-21H,5,8,13-15H2,1H3. The van der Waals surface area contributed by atoms with E-state index in [4.69, 9.17) is 4.18 Å². The highest BCUT2D eigenvalue weighted by molar-refractivity contribution is 7.86. The van der Waals surface area contributed by atoms with Crippen LogP contribution in [0.25, 0.3) is 0 Å². The molecule has 1 saturated heterocycles. The molecule has 1 fully saturated rings. The molecule has 1 heterocycles. The van der Waals surface area contributed by atoms with Crippen LogP contribution in [0, 0.1) is 12.8 Å². The Hall–Kier alpha value is -1.69. The van der Waals surface area contributed by atoms with E-state index in [9.17, 15) is 8.42 Å². The van der Waals surface area contributed by atoms with E-state index in [0.29, 0.717) is 6.42 Å². The molecule has 1 aliphatic rings. The Labute approximate surface area is 150 Å². The van der Waals surface area contributed by atoms with Gasteiger partial charge >= 0.3 is 0 Å². The first-order valence-electron chi connectivity index (χ1n) is 8.79. The Bertz CT molecular complexity index is 766. The molecule has 3 rings (SSSR count). The smallest absolute Gasteiger partial charge is 0.297 e. The Balaban J connectivity index is 1.81. The quantitative estimate of drug-likeness (QED) is 0.804. The summed E-state index contributed by atoms with van der Waals surface area (Å²) in [7, 11) is -3.77. The zero-order chi connectivity index (χ0) is 17.7. The summed E-state index contributed by atoms with van der Waals surface area (Å²) in [5.41, 5.74) is 2.12. The lowest BCUT2D eigenvalue weighted by molar-refractivity contribution is 0.121. The molecular formula is C20H25NO3S. The molecule has 2 unspecified atom stereocenters. The van der Waals surface area contributed by atoms with Crippen molar-refractivity contribution >= 4 is 10.1 Å². The Morgan fingerprint density at radius 1 is 1.12 bits per heavy atom. The molecule has 2 aromatic carbocycles. The number of aryl methyl sites for hydroxylation is 1. The minimum absolute atomic E-state index is 0.189. The maximum absolute atomic E-state index is 12.7. The lowest BCUT2D eigenvalue weighted by atomic mass is 9.90. The monoisotopic (exact) mass is 359 g/mol. The van der Waals surface area contributed by atoms with Gasteiger partial charge in [0.05, 0.1) is 11.0 Å². The van der Waals surface area contributed by atoms with Crippen LogP contribution in [0.15, 0.2) is 59.5 Å². The second kappa shape index (κ2) is 8.13. The lowest BCUT2D eigenvalue weighted by Crippen LogP contribution is -2.40. The first kappa shape index (κ1) is 18.1. The number of benzene rings is 2. The van der Waals surface area contributed by atoms with Gasteiger partial charge in [-0.3, -0.25) is 4.18 Å². The van der Waals surface area contributed by atoms with Crippen LogP contribution in [0.4, 0.5) is 0 Å². The Morgan fingerprint density at radius 2 is 1.84 bits per heavy atom. The van der Waals surface area contributed by atoms with Crippen molar-refractivity contribution < 1.29 is 12.6 Å². The Kier molecular flexibility index (Phi) is 5.89. The predicted molar refractivity (Wildman–Crippen MR) is 99.0 cm³/mol. The van der Waals surface area contributed by atoms with Gasteiger partial charge in [0.25, 0.3) is 10.1 Å². The number of nitrogens with one attached hydrogen (secondary N) is 1. The summed E-state index contributed by atoms with van der Waals surface area (Å²) in [6.45, 7) is 3.71. The van der Waals surface area contributed by atoms with Crippen LogP contribution in [-0.4, -0.2) is 27.6 Å². The fraction of sp³-hybridized carbons (Fsp3) is 0.400. The van der Waals surface area contributed by atoms with E-state index in [1.807, 2.05) is 37.3 Å². The fourth-order valence-electron chi connectivity index (χ4n) is 3.24. The zero-order valence-electron chi connectivity index (χ0n) is 14.5. The second-order valence-corrected chi connectivity index (χ2v) is 8.27. The summed E-state index contributed by atoms with van der Waals surface area (Å²) >= 11 is 0. The van der Waals surface area contributed by atoms with E-state index in [1.165, 1.54) is 0 Å². The van der Waals surface area contributed by atoms with E-state index in [-0.39, 0.29) is 16.9 Å². The van der Waals surface area contributed by atoms with Gasteiger partial charge in [-0.25, -0.2) is 0 Å². The molecule has 0 saturated carbocycles. The average molecular weight is 359 g/mol. The van der Waals surface area contributed by atoms with Crippen molar-refractivity contribution in [3.63, 3.8) is 0 Å². The third kappa shape index (κ3) is 4.91. The molecule has 1 N–H and O–H groups in total. The van der Waals surface area contributed by atoms with Crippen LogP contribution in [0.1, 0.15) is 24.0 Å². The normalized spacial score (nSPS) is 19.5. The van der Waals surface area contributed by atoms with Crippen molar-refractivity contribution in [1.29, 1.82) is 0 Å². The van der Waals surface area contributed by atoms with Crippen LogP contribution < -0.4 is 5.32 Å². The average Bonchev–Trinajstić information content (AvgIpc) is 2.63. The van der Waals surface area contributed by atoms with Crippen molar-refractivity contribution in [2.75, 3.05) is 13.1 Å². The topological polar surface area (TPSA) is 55.4 Å². The highest BCUT2D eigenvalue weighted by atomic mass is 32.2. The second-order valence-electron chi connectivity index (χ2n) is 6.70. The van der Waals surface area contributed by atoms with Gasteiger partial charge < -0.3 is 5.32 Å². The molecular weight excluding hydrogens is 334 g/mol. The van der Waals surface area contributed by atoms with E-state index in [2.05, 4.69) is 5.32 Å². The summed E-state index contributed by atoms with van der Waals surface area (Å²) in [6.07, 6.45) is 2.26. The number of rotatable bonds is 6. The minimum Gasteiger partial charge on any atom is -0.316 e. The van der Waals surface area contributed by atoms with Gasteiger partial charge in [-0.2, -0.15) is 8.42 Å². The van der Waals surface area contributed by atoms with Crippen LogP contribution in [-0.2, 0) is 20.7 Å². The van der Waals surface area contributed by atoms with Crippen LogP contribution in [0.5, 0.6) is 0 Å². The molecule has 1 aliphatic heterocycles. The maximum atomic E-state index is 12.7. The van der Waals surface area contributed by atoms with Gasteiger partial charge in [-0.05, 0) is 49.9 Å². The summed E-state index contributed by atoms with van der Waals surface area (Å²) in [5, 5.41) is 3.36. The van der Waals surface area contributed by atoms with Crippen molar-refractivity contribution in [2.45, 2.75) is 37.2 Å². The Morgan fingerprint density at radius 3 is 2.48 bits per heavy atom. The zero-order valence-corrected chi connectivity index (χ0v) is 15.3. The van der Waals surface area contributed by atoms with Crippen molar-refractivity contribution in [2.24, 2.45) is 5.92 Å². The first-order chi connectivity index (χ1) is 12.0.